The first-order valence-electron chi connectivity index (χ1n) is 9.55. The summed E-state index contributed by atoms with van der Waals surface area (Å²) in [5.41, 5.74) is 3.10. The Labute approximate surface area is 167 Å². The van der Waals surface area contributed by atoms with E-state index in [-0.39, 0.29) is 5.69 Å². The monoisotopic (exact) mass is 393 g/mol. The maximum Gasteiger partial charge on any atom is 0.326 e. The summed E-state index contributed by atoms with van der Waals surface area (Å²) in [5.74, 6) is 1.46. The summed E-state index contributed by atoms with van der Waals surface area (Å²) in [7, 11) is 1.63. The lowest BCUT2D eigenvalue weighted by molar-refractivity contribution is 0.141. The average Bonchev–Trinajstić information content (AvgIpc) is 3.04. The zero-order valence-corrected chi connectivity index (χ0v) is 16.4. The summed E-state index contributed by atoms with van der Waals surface area (Å²) in [6.07, 6.45) is 2.29. The van der Waals surface area contributed by atoms with E-state index in [1.807, 2.05) is 43.3 Å². The van der Waals surface area contributed by atoms with Gasteiger partial charge in [0.1, 0.15) is 17.9 Å². The molecule has 0 atom stereocenters. The highest BCUT2D eigenvalue weighted by atomic mass is 16.5. The Balaban J connectivity index is 1.69. The van der Waals surface area contributed by atoms with E-state index in [0.717, 1.165) is 39.8 Å². The minimum atomic E-state index is -0.135. The molecule has 4 aromatic rings. The molecule has 0 saturated carbocycles. The standard InChI is InChI=1S/C21H23N5O3/c1-3-29-10-4-9-26-19-12-17-16(11-18(19)25-21(26)27)20(23-13-22-17)24-14-5-7-15(28-2)8-6-14/h5-8,11-13H,3-4,9-10H2,1-2H3,(H,25,27)(H,22,23,24). The fraction of sp³-hybridized carbons (Fsp3) is 0.286. The van der Waals surface area contributed by atoms with Gasteiger partial charge in [-0.1, -0.05) is 0 Å². The van der Waals surface area contributed by atoms with Crippen molar-refractivity contribution in [2.75, 3.05) is 25.6 Å². The van der Waals surface area contributed by atoms with Crippen molar-refractivity contribution in [1.29, 1.82) is 0 Å². The van der Waals surface area contributed by atoms with E-state index in [2.05, 4.69) is 20.3 Å². The predicted octanol–water partition coefficient (Wildman–Crippen LogP) is 3.45. The van der Waals surface area contributed by atoms with Crippen LogP contribution >= 0.6 is 0 Å². The molecular formula is C21H23N5O3. The minimum Gasteiger partial charge on any atom is -0.497 e. The van der Waals surface area contributed by atoms with Crippen molar-refractivity contribution in [3.8, 4) is 5.75 Å². The molecule has 0 amide bonds. The molecule has 8 nitrogen and oxygen atoms in total. The summed E-state index contributed by atoms with van der Waals surface area (Å²) in [4.78, 5) is 24.1. The maximum absolute atomic E-state index is 12.4. The zero-order valence-electron chi connectivity index (χ0n) is 16.4. The van der Waals surface area contributed by atoms with Gasteiger partial charge in [0, 0.05) is 30.8 Å². The number of aryl methyl sites for hydroxylation is 1. The predicted molar refractivity (Wildman–Crippen MR) is 113 cm³/mol. The maximum atomic E-state index is 12.4. The van der Waals surface area contributed by atoms with E-state index in [1.165, 1.54) is 6.33 Å². The lowest BCUT2D eigenvalue weighted by atomic mass is 10.2. The summed E-state index contributed by atoms with van der Waals surface area (Å²) < 4.78 is 12.3. The van der Waals surface area contributed by atoms with E-state index in [9.17, 15) is 4.79 Å². The first-order chi connectivity index (χ1) is 14.2. The third-order valence-corrected chi connectivity index (χ3v) is 4.76. The van der Waals surface area contributed by atoms with Gasteiger partial charge >= 0.3 is 5.69 Å². The van der Waals surface area contributed by atoms with Gasteiger partial charge in [0.15, 0.2) is 0 Å². The lowest BCUT2D eigenvalue weighted by Crippen LogP contribution is -2.17. The van der Waals surface area contributed by atoms with E-state index in [1.54, 1.807) is 11.7 Å². The molecule has 0 radical (unpaired) electrons. The minimum absolute atomic E-state index is 0.135. The van der Waals surface area contributed by atoms with Gasteiger partial charge in [0.2, 0.25) is 0 Å². The number of hydrogen-bond donors (Lipinski definition) is 2. The lowest BCUT2D eigenvalue weighted by Gasteiger charge is -2.10. The van der Waals surface area contributed by atoms with Crippen molar-refractivity contribution in [3.63, 3.8) is 0 Å². The Bertz CT molecular complexity index is 1180. The molecule has 2 aromatic carbocycles. The van der Waals surface area contributed by atoms with Gasteiger partial charge in [-0.3, -0.25) is 4.57 Å². The average molecular weight is 393 g/mol. The smallest absolute Gasteiger partial charge is 0.326 e. The second kappa shape index (κ2) is 8.32. The van der Waals surface area contributed by atoms with Gasteiger partial charge in [-0.25, -0.2) is 14.8 Å². The van der Waals surface area contributed by atoms with Gasteiger partial charge in [-0.05, 0) is 49.7 Å². The largest absolute Gasteiger partial charge is 0.497 e. The Hall–Kier alpha value is -3.39. The second-order valence-corrected chi connectivity index (χ2v) is 6.59. The van der Waals surface area contributed by atoms with E-state index in [0.29, 0.717) is 25.6 Å². The molecular weight excluding hydrogens is 370 g/mol. The normalized spacial score (nSPS) is 11.2. The molecule has 0 unspecified atom stereocenters. The van der Waals surface area contributed by atoms with Crippen molar-refractivity contribution < 1.29 is 9.47 Å². The molecule has 150 valence electrons. The number of rotatable bonds is 8. The second-order valence-electron chi connectivity index (χ2n) is 6.59. The van der Waals surface area contributed by atoms with Gasteiger partial charge in [-0.2, -0.15) is 0 Å². The third-order valence-electron chi connectivity index (χ3n) is 4.76. The van der Waals surface area contributed by atoms with Crippen LogP contribution in [0.2, 0.25) is 0 Å². The number of methoxy groups -OCH3 is 1. The number of aromatic nitrogens is 4. The molecule has 4 rings (SSSR count). The highest BCUT2D eigenvalue weighted by molar-refractivity contribution is 5.99. The van der Waals surface area contributed by atoms with E-state index in [4.69, 9.17) is 9.47 Å². The summed E-state index contributed by atoms with van der Waals surface area (Å²) in [6, 6.07) is 11.4. The summed E-state index contributed by atoms with van der Waals surface area (Å²) in [5, 5.41) is 4.14. The van der Waals surface area contributed by atoms with Crippen LogP contribution in [0.25, 0.3) is 21.9 Å². The Morgan fingerprint density at radius 1 is 1.17 bits per heavy atom. The number of nitrogens with one attached hydrogen (secondary N) is 2. The first kappa shape index (κ1) is 18.9. The Morgan fingerprint density at radius 3 is 2.76 bits per heavy atom. The molecule has 0 saturated heterocycles. The third kappa shape index (κ3) is 3.93. The molecule has 0 spiro atoms. The number of hydrogen-bond acceptors (Lipinski definition) is 6. The Kier molecular flexibility index (Phi) is 5.44. The van der Waals surface area contributed by atoms with Gasteiger partial charge in [0.05, 0.1) is 23.7 Å². The molecule has 0 aliphatic heterocycles. The molecule has 2 N–H and O–H groups in total. The fourth-order valence-electron chi connectivity index (χ4n) is 3.31. The molecule has 0 bridgehead atoms. The number of anilines is 2. The van der Waals surface area contributed by atoms with E-state index < -0.39 is 0 Å². The Morgan fingerprint density at radius 2 is 2.00 bits per heavy atom. The SMILES string of the molecule is CCOCCCn1c(=O)[nH]c2cc3c(Nc4ccc(OC)cc4)ncnc3cc21. The number of benzene rings is 2. The molecule has 8 heteroatoms. The van der Waals surface area contributed by atoms with Crippen LogP contribution < -0.4 is 15.7 Å². The van der Waals surface area contributed by atoms with Gasteiger partial charge in [0.25, 0.3) is 0 Å². The highest BCUT2D eigenvalue weighted by Crippen LogP contribution is 2.27. The van der Waals surface area contributed by atoms with Crippen LogP contribution in [-0.4, -0.2) is 39.8 Å². The fourth-order valence-corrected chi connectivity index (χ4v) is 3.31. The van der Waals surface area contributed by atoms with Crippen molar-refractivity contribution >= 4 is 33.4 Å². The van der Waals surface area contributed by atoms with Crippen molar-refractivity contribution in [3.05, 3.63) is 53.2 Å². The summed E-state index contributed by atoms with van der Waals surface area (Å²) in [6.45, 7) is 3.85. The van der Waals surface area contributed by atoms with Crippen LogP contribution in [-0.2, 0) is 11.3 Å². The molecule has 0 aliphatic rings. The first-order valence-corrected chi connectivity index (χ1v) is 9.55. The van der Waals surface area contributed by atoms with Crippen molar-refractivity contribution in [1.82, 2.24) is 19.5 Å². The topological polar surface area (TPSA) is 94.1 Å². The highest BCUT2D eigenvalue weighted by Gasteiger charge is 2.12. The number of imidazole rings is 1. The van der Waals surface area contributed by atoms with Crippen LogP contribution in [0.3, 0.4) is 0 Å². The number of ether oxygens (including phenoxy) is 2. The zero-order chi connectivity index (χ0) is 20.2. The van der Waals surface area contributed by atoms with Crippen molar-refractivity contribution in [2.24, 2.45) is 0 Å². The van der Waals surface area contributed by atoms with Crippen LogP contribution in [0.5, 0.6) is 5.75 Å². The van der Waals surface area contributed by atoms with Crippen LogP contribution in [0.15, 0.2) is 47.5 Å². The number of H-pyrrole nitrogens is 1. The number of nitrogens with zero attached hydrogens (tertiary/aromatic N) is 3. The molecule has 0 aliphatic carbocycles. The molecule has 2 aromatic heterocycles. The number of aromatic amines is 1. The number of fused-ring (bicyclic) bond motifs is 2. The van der Waals surface area contributed by atoms with E-state index >= 15 is 0 Å². The summed E-state index contributed by atoms with van der Waals surface area (Å²) >= 11 is 0. The van der Waals surface area contributed by atoms with Gasteiger partial charge in [-0.15, -0.1) is 0 Å². The van der Waals surface area contributed by atoms with Crippen LogP contribution in [0.1, 0.15) is 13.3 Å². The molecule has 2 heterocycles. The molecule has 29 heavy (non-hydrogen) atoms. The molecule has 0 fully saturated rings. The van der Waals surface area contributed by atoms with Crippen LogP contribution in [0.4, 0.5) is 11.5 Å². The quantitative estimate of drug-likeness (QED) is 0.445. The van der Waals surface area contributed by atoms with Gasteiger partial charge < -0.3 is 19.8 Å². The van der Waals surface area contributed by atoms with Crippen molar-refractivity contribution in [2.45, 2.75) is 19.9 Å². The van der Waals surface area contributed by atoms with Crippen LogP contribution in [0, 0.1) is 0 Å².